The third-order valence-electron chi connectivity index (χ3n) is 3.45. The van der Waals surface area contributed by atoms with Crippen LogP contribution in [0.4, 0.5) is 18.9 Å². The van der Waals surface area contributed by atoms with Gasteiger partial charge in [-0.1, -0.05) is 26.0 Å². The van der Waals surface area contributed by atoms with Crippen LogP contribution in [0.3, 0.4) is 0 Å². The predicted octanol–water partition coefficient (Wildman–Crippen LogP) is 4.45. The second-order valence-corrected chi connectivity index (χ2v) is 6.19. The highest BCUT2D eigenvalue weighted by molar-refractivity contribution is 5.92. The van der Waals surface area contributed by atoms with E-state index in [1.807, 2.05) is 6.92 Å². The molecule has 1 rings (SSSR count). The van der Waals surface area contributed by atoms with Gasteiger partial charge in [0.25, 0.3) is 0 Å². The average molecular weight is 330 g/mol. The molecule has 1 aromatic carbocycles. The van der Waals surface area contributed by atoms with Crippen molar-refractivity contribution in [2.24, 2.45) is 5.92 Å². The third-order valence-corrected chi connectivity index (χ3v) is 3.45. The molecule has 0 saturated carbocycles. The van der Waals surface area contributed by atoms with Crippen LogP contribution < -0.4 is 10.6 Å². The molecule has 0 aliphatic carbocycles. The lowest BCUT2D eigenvalue weighted by molar-refractivity contribution is -0.137. The van der Waals surface area contributed by atoms with Crippen LogP contribution >= 0.6 is 0 Å². The molecule has 0 saturated heterocycles. The number of benzene rings is 1. The maximum atomic E-state index is 12.9. The van der Waals surface area contributed by atoms with Gasteiger partial charge in [-0.2, -0.15) is 13.2 Å². The molecule has 130 valence electrons. The maximum absolute atomic E-state index is 12.9. The molecular weight excluding hydrogens is 305 g/mol. The second-order valence-electron chi connectivity index (χ2n) is 6.19. The van der Waals surface area contributed by atoms with E-state index in [-0.39, 0.29) is 18.2 Å². The summed E-state index contributed by atoms with van der Waals surface area (Å²) in [6.45, 7) is 6.94. The lowest BCUT2D eigenvalue weighted by atomic mass is 10.1. The van der Waals surface area contributed by atoms with Gasteiger partial charge in [-0.3, -0.25) is 4.79 Å². The van der Waals surface area contributed by atoms with Crippen molar-refractivity contribution < 1.29 is 18.0 Å². The Kier molecular flexibility index (Phi) is 7.55. The number of amides is 1. The SMILES string of the molecule is CC(C)CCCNC(C)CC(=O)Nc1ccccc1C(F)(F)F. The number of carbonyl (C=O) groups is 1. The van der Waals surface area contributed by atoms with Crippen molar-refractivity contribution >= 4 is 11.6 Å². The standard InChI is InChI=1S/C17H25F3N2O/c1-12(2)7-6-10-21-13(3)11-16(23)22-15-9-5-4-8-14(15)17(18,19)20/h4-5,8-9,12-13,21H,6-7,10-11H2,1-3H3,(H,22,23). The number of carbonyl (C=O) groups excluding carboxylic acids is 1. The van der Waals surface area contributed by atoms with E-state index >= 15 is 0 Å². The Balaban J connectivity index is 2.48. The van der Waals surface area contributed by atoms with Crippen LogP contribution in [0.1, 0.15) is 45.6 Å². The minimum Gasteiger partial charge on any atom is -0.325 e. The summed E-state index contributed by atoms with van der Waals surface area (Å²) in [7, 11) is 0. The zero-order valence-corrected chi connectivity index (χ0v) is 13.8. The van der Waals surface area contributed by atoms with Gasteiger partial charge in [0, 0.05) is 12.5 Å². The third kappa shape index (κ3) is 7.50. The number of rotatable bonds is 8. The molecule has 0 bridgehead atoms. The number of hydrogen-bond donors (Lipinski definition) is 2. The summed E-state index contributed by atoms with van der Waals surface area (Å²) in [5, 5.41) is 5.57. The van der Waals surface area contributed by atoms with Crippen molar-refractivity contribution in [3.8, 4) is 0 Å². The highest BCUT2D eigenvalue weighted by Gasteiger charge is 2.33. The topological polar surface area (TPSA) is 41.1 Å². The van der Waals surface area contributed by atoms with Crippen LogP contribution in [0.15, 0.2) is 24.3 Å². The highest BCUT2D eigenvalue weighted by Crippen LogP contribution is 2.34. The van der Waals surface area contributed by atoms with E-state index in [1.165, 1.54) is 18.2 Å². The minimum atomic E-state index is -4.48. The first-order valence-electron chi connectivity index (χ1n) is 7.89. The molecule has 0 aliphatic heterocycles. The number of alkyl halides is 3. The Bertz CT molecular complexity index is 501. The first-order valence-corrected chi connectivity index (χ1v) is 7.89. The molecule has 0 heterocycles. The molecule has 1 atom stereocenters. The Hall–Kier alpha value is -1.56. The largest absolute Gasteiger partial charge is 0.418 e. The quantitative estimate of drug-likeness (QED) is 0.692. The number of para-hydroxylation sites is 1. The van der Waals surface area contributed by atoms with Gasteiger partial charge in [0.1, 0.15) is 0 Å². The summed E-state index contributed by atoms with van der Waals surface area (Å²) in [6, 6.07) is 4.92. The van der Waals surface area contributed by atoms with Crippen molar-refractivity contribution in [3.05, 3.63) is 29.8 Å². The van der Waals surface area contributed by atoms with E-state index in [1.54, 1.807) is 0 Å². The van der Waals surface area contributed by atoms with Crippen LogP contribution in [-0.2, 0) is 11.0 Å². The molecule has 0 spiro atoms. The summed E-state index contributed by atoms with van der Waals surface area (Å²) in [4.78, 5) is 11.9. The molecule has 1 aromatic rings. The number of anilines is 1. The summed E-state index contributed by atoms with van der Waals surface area (Å²) < 4.78 is 38.6. The average Bonchev–Trinajstić information content (AvgIpc) is 2.42. The van der Waals surface area contributed by atoms with Gasteiger partial charge in [-0.15, -0.1) is 0 Å². The molecule has 1 unspecified atom stereocenters. The summed E-state index contributed by atoms with van der Waals surface area (Å²) in [6.07, 6.45) is -2.23. The first kappa shape index (κ1) is 19.5. The fourth-order valence-electron chi connectivity index (χ4n) is 2.25. The maximum Gasteiger partial charge on any atom is 0.418 e. The number of hydrogen-bond acceptors (Lipinski definition) is 2. The van der Waals surface area contributed by atoms with Crippen molar-refractivity contribution in [2.45, 2.75) is 52.3 Å². The van der Waals surface area contributed by atoms with E-state index < -0.39 is 17.6 Å². The van der Waals surface area contributed by atoms with Crippen LogP contribution in [0.5, 0.6) is 0 Å². The predicted molar refractivity (Wildman–Crippen MR) is 86.2 cm³/mol. The first-order chi connectivity index (χ1) is 10.7. The van der Waals surface area contributed by atoms with Gasteiger partial charge in [0.2, 0.25) is 5.91 Å². The van der Waals surface area contributed by atoms with Crippen molar-refractivity contribution in [1.82, 2.24) is 5.32 Å². The molecular formula is C17H25F3N2O. The Morgan fingerprint density at radius 3 is 2.43 bits per heavy atom. The van der Waals surface area contributed by atoms with Gasteiger partial charge in [0.15, 0.2) is 0 Å². The Morgan fingerprint density at radius 2 is 1.83 bits per heavy atom. The fourth-order valence-corrected chi connectivity index (χ4v) is 2.25. The molecule has 23 heavy (non-hydrogen) atoms. The normalized spacial score (nSPS) is 13.2. The molecule has 2 N–H and O–H groups in total. The van der Waals surface area contributed by atoms with Gasteiger partial charge in [0.05, 0.1) is 11.3 Å². The van der Waals surface area contributed by atoms with Crippen LogP contribution in [0.25, 0.3) is 0 Å². The second kappa shape index (κ2) is 8.91. The summed E-state index contributed by atoms with van der Waals surface area (Å²) in [5.74, 6) is 0.208. The van der Waals surface area contributed by atoms with Crippen molar-refractivity contribution in [1.29, 1.82) is 0 Å². The Labute approximate surface area is 135 Å². The minimum absolute atomic E-state index is 0.0831. The van der Waals surface area contributed by atoms with Gasteiger partial charge < -0.3 is 10.6 Å². The lowest BCUT2D eigenvalue weighted by Gasteiger charge is -2.16. The molecule has 1 amide bonds. The van der Waals surface area contributed by atoms with Crippen molar-refractivity contribution in [3.63, 3.8) is 0 Å². The van der Waals surface area contributed by atoms with Gasteiger partial charge in [-0.05, 0) is 44.4 Å². The van der Waals surface area contributed by atoms with Crippen LogP contribution in [-0.4, -0.2) is 18.5 Å². The van der Waals surface area contributed by atoms with Crippen molar-refractivity contribution in [2.75, 3.05) is 11.9 Å². The molecule has 0 aromatic heterocycles. The van der Waals surface area contributed by atoms with E-state index in [4.69, 9.17) is 0 Å². The van der Waals surface area contributed by atoms with E-state index in [2.05, 4.69) is 24.5 Å². The summed E-state index contributed by atoms with van der Waals surface area (Å²) in [5.41, 5.74) is -1.03. The smallest absolute Gasteiger partial charge is 0.325 e. The lowest BCUT2D eigenvalue weighted by Crippen LogP contribution is -2.31. The monoisotopic (exact) mass is 330 g/mol. The molecule has 3 nitrogen and oxygen atoms in total. The van der Waals surface area contributed by atoms with Crippen LogP contribution in [0, 0.1) is 5.92 Å². The summed E-state index contributed by atoms with van der Waals surface area (Å²) >= 11 is 0. The highest BCUT2D eigenvalue weighted by atomic mass is 19.4. The van der Waals surface area contributed by atoms with Crippen LogP contribution in [0.2, 0.25) is 0 Å². The van der Waals surface area contributed by atoms with E-state index in [0.29, 0.717) is 5.92 Å². The fraction of sp³-hybridized carbons (Fsp3) is 0.588. The van der Waals surface area contributed by atoms with Gasteiger partial charge in [-0.25, -0.2) is 0 Å². The molecule has 0 fully saturated rings. The molecule has 6 heteroatoms. The number of halogens is 3. The Morgan fingerprint density at radius 1 is 1.17 bits per heavy atom. The van der Waals surface area contributed by atoms with E-state index in [0.717, 1.165) is 25.5 Å². The zero-order chi connectivity index (χ0) is 17.5. The molecule has 0 radical (unpaired) electrons. The van der Waals surface area contributed by atoms with Gasteiger partial charge >= 0.3 is 6.18 Å². The molecule has 0 aliphatic rings. The van der Waals surface area contributed by atoms with E-state index in [9.17, 15) is 18.0 Å². The zero-order valence-electron chi connectivity index (χ0n) is 13.8. The number of nitrogens with one attached hydrogen (secondary N) is 2.